The number of rotatable bonds is 5. The summed E-state index contributed by atoms with van der Waals surface area (Å²) in [6.45, 7) is 2.36. The number of carbonyl (C=O) groups is 1. The highest BCUT2D eigenvalue weighted by atomic mass is 16.5. The van der Waals surface area contributed by atoms with Gasteiger partial charge in [-0.05, 0) is 18.6 Å². The van der Waals surface area contributed by atoms with Crippen LogP contribution in [-0.2, 0) is 16.6 Å². The van der Waals surface area contributed by atoms with Crippen LogP contribution in [0.1, 0.15) is 12.0 Å². The summed E-state index contributed by atoms with van der Waals surface area (Å²) in [4.78, 5) is 11.8. The van der Waals surface area contributed by atoms with Gasteiger partial charge in [0.2, 0.25) is 5.91 Å². The lowest BCUT2D eigenvalue weighted by Gasteiger charge is -2.12. The summed E-state index contributed by atoms with van der Waals surface area (Å²) in [7, 11) is 3.46. The molecule has 0 atom stereocenters. The largest absolute Gasteiger partial charge is 0.384 e. The van der Waals surface area contributed by atoms with Crippen LogP contribution in [0, 0.1) is 6.92 Å². The number of carbonyl (C=O) groups excluding carboxylic acids is 1. The molecule has 0 saturated heterocycles. The predicted molar refractivity (Wildman–Crippen MR) is 76.3 cm³/mol. The summed E-state index contributed by atoms with van der Waals surface area (Å²) in [6, 6.07) is 5.73. The van der Waals surface area contributed by atoms with Crippen LogP contribution < -0.4 is 5.32 Å². The Morgan fingerprint density at radius 2 is 2.25 bits per heavy atom. The smallest absolute Gasteiger partial charge is 0.226 e. The molecule has 106 valence electrons. The molecule has 6 nitrogen and oxygen atoms in total. The van der Waals surface area contributed by atoms with Gasteiger partial charge in [0.15, 0.2) is 5.82 Å². The molecule has 1 aromatic carbocycles. The molecule has 0 aliphatic rings. The van der Waals surface area contributed by atoms with Crippen LogP contribution in [0.5, 0.6) is 0 Å². The van der Waals surface area contributed by atoms with Gasteiger partial charge in [0.25, 0.3) is 0 Å². The second kappa shape index (κ2) is 6.29. The van der Waals surface area contributed by atoms with Crippen molar-refractivity contribution in [1.82, 2.24) is 14.8 Å². The highest BCUT2D eigenvalue weighted by molar-refractivity contribution is 5.92. The van der Waals surface area contributed by atoms with Gasteiger partial charge in [0.05, 0.1) is 13.0 Å². The molecule has 2 rings (SSSR count). The lowest BCUT2D eigenvalue weighted by atomic mass is 10.1. The average molecular weight is 274 g/mol. The first-order valence-corrected chi connectivity index (χ1v) is 6.36. The van der Waals surface area contributed by atoms with E-state index in [9.17, 15) is 4.79 Å². The first kappa shape index (κ1) is 14.2. The minimum absolute atomic E-state index is 0.0648. The number of benzene rings is 1. The molecular weight excluding hydrogens is 256 g/mol. The Bertz CT molecular complexity index is 607. The van der Waals surface area contributed by atoms with Crippen molar-refractivity contribution in [3.05, 3.63) is 30.1 Å². The molecule has 0 radical (unpaired) electrons. The maximum Gasteiger partial charge on any atom is 0.226 e. The van der Waals surface area contributed by atoms with E-state index < -0.39 is 0 Å². The highest BCUT2D eigenvalue weighted by Gasteiger charge is 2.12. The third-order valence-electron chi connectivity index (χ3n) is 3.09. The number of nitrogens with one attached hydrogen (secondary N) is 1. The molecule has 0 fully saturated rings. The topological polar surface area (TPSA) is 69.0 Å². The maximum absolute atomic E-state index is 11.8. The second-order valence-electron chi connectivity index (χ2n) is 4.53. The molecule has 6 heteroatoms. The van der Waals surface area contributed by atoms with Gasteiger partial charge in [-0.3, -0.25) is 4.79 Å². The zero-order valence-corrected chi connectivity index (χ0v) is 11.9. The molecular formula is C14H18N4O2. The molecule has 0 saturated carbocycles. The van der Waals surface area contributed by atoms with Crippen molar-refractivity contribution in [2.45, 2.75) is 13.3 Å². The van der Waals surface area contributed by atoms with Crippen molar-refractivity contribution < 1.29 is 9.53 Å². The predicted octanol–water partition coefficient (Wildman–Crippen LogP) is 1.77. The standard InChI is InChI=1S/C14H18N4O2/c1-10-11(14-17-15-9-18(14)2)5-4-6-12(10)16-13(19)7-8-20-3/h4-6,9H,7-8H2,1-3H3,(H,16,19). The van der Waals surface area contributed by atoms with Crippen LogP contribution in [0.4, 0.5) is 5.69 Å². The van der Waals surface area contributed by atoms with E-state index >= 15 is 0 Å². The molecule has 1 N–H and O–H groups in total. The minimum Gasteiger partial charge on any atom is -0.384 e. The Morgan fingerprint density at radius 1 is 1.45 bits per heavy atom. The van der Waals surface area contributed by atoms with Crippen molar-refractivity contribution in [1.29, 1.82) is 0 Å². The van der Waals surface area contributed by atoms with Gasteiger partial charge >= 0.3 is 0 Å². The zero-order valence-electron chi connectivity index (χ0n) is 11.9. The molecule has 0 aliphatic heterocycles. The van der Waals surface area contributed by atoms with Crippen molar-refractivity contribution in [2.75, 3.05) is 19.0 Å². The Hall–Kier alpha value is -2.21. The molecule has 2 aromatic rings. The van der Waals surface area contributed by atoms with Gasteiger partial charge in [0.1, 0.15) is 6.33 Å². The monoisotopic (exact) mass is 274 g/mol. The fourth-order valence-electron chi connectivity index (χ4n) is 1.95. The SMILES string of the molecule is COCCC(=O)Nc1cccc(-c2nncn2C)c1C. The van der Waals surface area contributed by atoms with Gasteiger partial charge in [-0.2, -0.15) is 0 Å². The van der Waals surface area contributed by atoms with Gasteiger partial charge < -0.3 is 14.6 Å². The Kier molecular flexibility index (Phi) is 4.47. The Balaban J connectivity index is 2.24. The number of amides is 1. The summed E-state index contributed by atoms with van der Waals surface area (Å²) in [5.41, 5.74) is 2.70. The number of methoxy groups -OCH3 is 1. The molecule has 0 unspecified atom stereocenters. The molecule has 1 heterocycles. The van der Waals surface area contributed by atoms with E-state index in [4.69, 9.17) is 4.74 Å². The van der Waals surface area contributed by atoms with E-state index in [0.717, 1.165) is 22.6 Å². The fraction of sp³-hybridized carbons (Fsp3) is 0.357. The van der Waals surface area contributed by atoms with Gasteiger partial charge in [-0.15, -0.1) is 10.2 Å². The maximum atomic E-state index is 11.8. The van der Waals surface area contributed by atoms with Crippen LogP contribution in [-0.4, -0.2) is 34.4 Å². The van der Waals surface area contributed by atoms with Gasteiger partial charge in [0, 0.05) is 25.4 Å². The van der Waals surface area contributed by atoms with Gasteiger partial charge in [-0.1, -0.05) is 12.1 Å². The summed E-state index contributed by atoms with van der Waals surface area (Å²) in [5.74, 6) is 0.709. The van der Waals surface area contributed by atoms with Crippen LogP contribution in [0.3, 0.4) is 0 Å². The van der Waals surface area contributed by atoms with E-state index in [-0.39, 0.29) is 5.91 Å². The van der Waals surface area contributed by atoms with Crippen molar-refractivity contribution in [3.63, 3.8) is 0 Å². The Morgan fingerprint density at radius 3 is 2.90 bits per heavy atom. The third kappa shape index (κ3) is 3.03. The molecule has 0 bridgehead atoms. The number of aromatic nitrogens is 3. The zero-order chi connectivity index (χ0) is 14.5. The third-order valence-corrected chi connectivity index (χ3v) is 3.09. The molecule has 1 amide bonds. The normalized spacial score (nSPS) is 10.6. The first-order chi connectivity index (χ1) is 9.63. The number of hydrogen-bond acceptors (Lipinski definition) is 4. The van der Waals surface area contributed by atoms with Crippen LogP contribution in [0.15, 0.2) is 24.5 Å². The minimum atomic E-state index is -0.0648. The molecule has 20 heavy (non-hydrogen) atoms. The second-order valence-corrected chi connectivity index (χ2v) is 4.53. The number of nitrogens with zero attached hydrogens (tertiary/aromatic N) is 3. The highest BCUT2D eigenvalue weighted by Crippen LogP contribution is 2.26. The number of ether oxygens (including phenoxy) is 1. The summed E-state index contributed by atoms with van der Waals surface area (Å²) in [6.07, 6.45) is 1.99. The fourth-order valence-corrected chi connectivity index (χ4v) is 1.95. The van der Waals surface area contributed by atoms with Gasteiger partial charge in [-0.25, -0.2) is 0 Å². The average Bonchev–Trinajstić information content (AvgIpc) is 2.85. The molecule has 0 spiro atoms. The van der Waals surface area contributed by atoms with Crippen molar-refractivity contribution >= 4 is 11.6 Å². The van der Waals surface area contributed by atoms with E-state index in [1.165, 1.54) is 0 Å². The van der Waals surface area contributed by atoms with E-state index in [1.54, 1.807) is 13.4 Å². The van der Waals surface area contributed by atoms with E-state index in [1.807, 2.05) is 36.7 Å². The quantitative estimate of drug-likeness (QED) is 0.902. The van der Waals surface area contributed by atoms with E-state index in [0.29, 0.717) is 13.0 Å². The number of hydrogen-bond donors (Lipinski definition) is 1. The lowest BCUT2D eigenvalue weighted by molar-refractivity contribution is -0.117. The van der Waals surface area contributed by atoms with Crippen LogP contribution in [0.2, 0.25) is 0 Å². The van der Waals surface area contributed by atoms with Crippen molar-refractivity contribution in [2.24, 2.45) is 7.05 Å². The lowest BCUT2D eigenvalue weighted by Crippen LogP contribution is -2.14. The van der Waals surface area contributed by atoms with Crippen LogP contribution in [0.25, 0.3) is 11.4 Å². The Labute approximate surface area is 117 Å². The number of anilines is 1. The summed E-state index contributed by atoms with van der Waals surface area (Å²) in [5, 5.41) is 10.9. The van der Waals surface area contributed by atoms with Crippen LogP contribution >= 0.6 is 0 Å². The van der Waals surface area contributed by atoms with Crippen molar-refractivity contribution in [3.8, 4) is 11.4 Å². The molecule has 0 aliphatic carbocycles. The first-order valence-electron chi connectivity index (χ1n) is 6.36. The summed E-state index contributed by atoms with van der Waals surface area (Å²) < 4.78 is 6.74. The molecule has 1 aromatic heterocycles. The summed E-state index contributed by atoms with van der Waals surface area (Å²) >= 11 is 0. The number of aryl methyl sites for hydroxylation is 1. The van der Waals surface area contributed by atoms with E-state index in [2.05, 4.69) is 15.5 Å².